The second kappa shape index (κ2) is 24.8. The van der Waals surface area contributed by atoms with Crippen LogP contribution in [0.2, 0.25) is 0 Å². The van der Waals surface area contributed by atoms with Crippen molar-refractivity contribution in [1.82, 2.24) is 21.0 Å². The number of carbonyl (C=O) groups is 6. The molecule has 4 amide bonds. The van der Waals surface area contributed by atoms with Gasteiger partial charge in [-0.3, -0.25) is 28.8 Å². The van der Waals surface area contributed by atoms with Gasteiger partial charge in [-0.2, -0.15) is 0 Å². The van der Waals surface area contributed by atoms with Gasteiger partial charge in [-0.05, 0) is 75.9 Å². The fourth-order valence-corrected chi connectivity index (χ4v) is 6.63. The number of unbranched alkanes of at least 4 members (excludes halogenated alkanes) is 2. The zero-order chi connectivity index (χ0) is 45.8. The Morgan fingerprint density at radius 3 is 2.11 bits per heavy atom. The molecule has 338 valence electrons. The Balaban J connectivity index is 1.41. The van der Waals surface area contributed by atoms with Crippen LogP contribution in [0.4, 0.5) is 0 Å². The van der Waals surface area contributed by atoms with Crippen molar-refractivity contribution >= 4 is 36.1 Å². The average Bonchev–Trinajstić information content (AvgIpc) is 3.77. The number of carbonyl (C=O) groups excluding carboxylic acids is 6. The van der Waals surface area contributed by atoms with Gasteiger partial charge in [-0.15, -0.1) is 0 Å². The molecule has 15 nitrogen and oxygen atoms in total. The molecule has 0 aliphatic heterocycles. The number of hydroxylamine groups is 2. The van der Waals surface area contributed by atoms with Gasteiger partial charge in [0.1, 0.15) is 36.4 Å². The Bertz CT molecular complexity index is 2100. The maximum atomic E-state index is 13.7. The van der Waals surface area contributed by atoms with E-state index < -0.39 is 53.8 Å². The van der Waals surface area contributed by atoms with Crippen LogP contribution in [0.1, 0.15) is 112 Å². The monoisotopic (exact) mass is 868 g/mol. The molecule has 0 aliphatic carbocycles. The second-order valence-corrected chi connectivity index (χ2v) is 15.7. The van der Waals surface area contributed by atoms with E-state index in [1.807, 2.05) is 55.5 Å². The van der Waals surface area contributed by atoms with E-state index in [0.717, 1.165) is 30.4 Å². The molecule has 4 rings (SSSR count). The predicted molar refractivity (Wildman–Crippen MR) is 235 cm³/mol. The van der Waals surface area contributed by atoms with Gasteiger partial charge in [-0.1, -0.05) is 99.8 Å². The molecule has 0 saturated heterocycles. The zero-order valence-electron chi connectivity index (χ0n) is 37.0. The molecule has 1 aromatic heterocycles. The molecular formula is C48H60N4O11. The zero-order valence-corrected chi connectivity index (χ0v) is 37.0. The Morgan fingerprint density at radius 2 is 1.49 bits per heavy atom. The number of rotatable bonds is 25. The Morgan fingerprint density at radius 1 is 0.810 bits per heavy atom. The lowest BCUT2D eigenvalue weighted by Crippen LogP contribution is -2.48. The van der Waals surface area contributed by atoms with E-state index >= 15 is 0 Å². The van der Waals surface area contributed by atoms with Crippen LogP contribution < -0.4 is 20.7 Å². The molecule has 0 radical (unpaired) electrons. The quantitative estimate of drug-likeness (QED) is 0.0199. The smallest absolute Gasteiger partial charge is 0.329 e. The van der Waals surface area contributed by atoms with Gasteiger partial charge in [0.15, 0.2) is 5.76 Å². The highest BCUT2D eigenvalue weighted by Crippen LogP contribution is 2.30. The summed E-state index contributed by atoms with van der Waals surface area (Å²) in [6, 6.07) is 24.3. The van der Waals surface area contributed by atoms with Crippen LogP contribution in [0.3, 0.4) is 0 Å². The molecular weight excluding hydrogens is 809 g/mol. The number of nitrogens with one attached hydrogen (secondary N) is 3. The van der Waals surface area contributed by atoms with E-state index in [1.54, 1.807) is 58.0 Å². The topological polar surface area (TPSA) is 192 Å². The third kappa shape index (κ3) is 15.7. The van der Waals surface area contributed by atoms with Crippen LogP contribution in [-0.4, -0.2) is 72.1 Å². The van der Waals surface area contributed by atoms with E-state index in [4.69, 9.17) is 23.5 Å². The molecule has 0 unspecified atom stereocenters. The highest BCUT2D eigenvalue weighted by molar-refractivity contribution is 6.00. The van der Waals surface area contributed by atoms with E-state index in [-0.39, 0.29) is 55.2 Å². The lowest BCUT2D eigenvalue weighted by Gasteiger charge is -2.32. The van der Waals surface area contributed by atoms with Crippen molar-refractivity contribution < 1.29 is 52.2 Å². The number of nitrogens with zero attached hydrogens (tertiary/aromatic N) is 1. The molecule has 0 fully saturated rings. The Hall–Kier alpha value is -6.48. The average molecular weight is 869 g/mol. The van der Waals surface area contributed by atoms with Gasteiger partial charge < -0.3 is 34.6 Å². The Labute approximate surface area is 369 Å². The standard InChI is InChI=1S/C48H60N4O11/c1-7-10-13-22-36(39(8-2)52(32-53)61-30-34-20-16-12-17-21-34)44(55)49-31-50-46(57)41-26-25-40(62-41)35-23-24-37(42(27-35)59-9-3)45(56)51-38(47(58)63-48(4,5)6)28-43(54)60-29-33-18-14-11-15-19-33/h11-12,14-21,23-27,32,36,38-39H,7-10,13,22,28-31H2,1-6H3,(H,49,55)(H,50,57)(H,51,56)/t36-,38+,39-/m1/s1. The number of amides is 4. The molecule has 1 heterocycles. The summed E-state index contributed by atoms with van der Waals surface area (Å²) >= 11 is 0. The molecule has 3 atom stereocenters. The molecule has 63 heavy (non-hydrogen) atoms. The first-order valence-electron chi connectivity index (χ1n) is 21.3. The highest BCUT2D eigenvalue weighted by Gasteiger charge is 2.33. The minimum Gasteiger partial charge on any atom is -0.493 e. The fraction of sp³-hybridized carbons (Fsp3) is 0.417. The number of benzene rings is 3. The molecule has 3 aromatic carbocycles. The predicted octanol–water partition coefficient (Wildman–Crippen LogP) is 7.29. The van der Waals surface area contributed by atoms with Crippen LogP contribution in [0.15, 0.2) is 95.4 Å². The van der Waals surface area contributed by atoms with Crippen LogP contribution in [0.5, 0.6) is 5.75 Å². The van der Waals surface area contributed by atoms with Crippen molar-refractivity contribution in [2.75, 3.05) is 13.3 Å². The minimum absolute atomic E-state index is 0.00878. The van der Waals surface area contributed by atoms with Gasteiger partial charge in [0.25, 0.3) is 11.8 Å². The highest BCUT2D eigenvalue weighted by atomic mass is 16.7. The van der Waals surface area contributed by atoms with Crippen LogP contribution in [-0.2, 0) is 46.7 Å². The lowest BCUT2D eigenvalue weighted by atomic mass is 9.90. The van der Waals surface area contributed by atoms with Crippen molar-refractivity contribution in [3.8, 4) is 17.1 Å². The summed E-state index contributed by atoms with van der Waals surface area (Å²) in [5.41, 5.74) is 1.30. The van der Waals surface area contributed by atoms with Crippen LogP contribution in [0, 0.1) is 5.92 Å². The fourth-order valence-electron chi connectivity index (χ4n) is 6.63. The second-order valence-electron chi connectivity index (χ2n) is 15.7. The third-order valence-corrected chi connectivity index (χ3v) is 9.75. The molecule has 0 aliphatic rings. The first kappa shape index (κ1) is 49.2. The summed E-state index contributed by atoms with van der Waals surface area (Å²) in [5.74, 6) is -3.33. The van der Waals surface area contributed by atoms with Crippen molar-refractivity contribution in [3.05, 3.63) is 113 Å². The summed E-state index contributed by atoms with van der Waals surface area (Å²) in [6.45, 7) is 10.9. The number of hydrogen-bond donors (Lipinski definition) is 3. The van der Waals surface area contributed by atoms with Gasteiger partial charge in [0.2, 0.25) is 12.3 Å². The van der Waals surface area contributed by atoms with E-state index in [2.05, 4.69) is 22.9 Å². The Kier molecular flexibility index (Phi) is 19.4. The maximum absolute atomic E-state index is 13.7. The van der Waals surface area contributed by atoms with Crippen molar-refractivity contribution in [2.24, 2.45) is 5.92 Å². The lowest BCUT2D eigenvalue weighted by molar-refractivity contribution is -0.200. The first-order valence-corrected chi connectivity index (χ1v) is 21.3. The number of hydrogen-bond acceptors (Lipinski definition) is 11. The van der Waals surface area contributed by atoms with Gasteiger partial charge in [0.05, 0.1) is 37.2 Å². The minimum atomic E-state index is -1.37. The van der Waals surface area contributed by atoms with Crippen molar-refractivity contribution in [3.63, 3.8) is 0 Å². The van der Waals surface area contributed by atoms with Crippen molar-refractivity contribution in [2.45, 2.75) is 111 Å². The number of ether oxygens (including phenoxy) is 3. The largest absolute Gasteiger partial charge is 0.493 e. The van der Waals surface area contributed by atoms with Gasteiger partial charge >= 0.3 is 11.9 Å². The summed E-state index contributed by atoms with van der Waals surface area (Å²) in [5, 5.41) is 9.28. The van der Waals surface area contributed by atoms with Gasteiger partial charge in [-0.25, -0.2) is 9.86 Å². The summed E-state index contributed by atoms with van der Waals surface area (Å²) in [7, 11) is 0. The normalized spacial score (nSPS) is 12.5. The summed E-state index contributed by atoms with van der Waals surface area (Å²) in [4.78, 5) is 84.5. The molecule has 0 saturated carbocycles. The van der Waals surface area contributed by atoms with Gasteiger partial charge in [0, 0.05) is 5.56 Å². The van der Waals surface area contributed by atoms with E-state index in [1.165, 1.54) is 17.2 Å². The van der Waals surface area contributed by atoms with Crippen LogP contribution in [0.25, 0.3) is 11.3 Å². The third-order valence-electron chi connectivity index (χ3n) is 9.75. The number of esters is 2. The molecule has 4 aromatic rings. The number of furan rings is 1. The molecule has 3 N–H and O–H groups in total. The SMILES string of the molecule is CCCCC[C@@H](C(=O)NCNC(=O)c1ccc(-c2ccc(C(=O)N[C@@H](CC(=O)OCc3ccccc3)C(=O)OC(C)(C)C)c(OCC)c2)o1)[C@@H](CC)N(C=O)OCc1ccccc1. The van der Waals surface area contributed by atoms with Crippen molar-refractivity contribution in [1.29, 1.82) is 0 Å². The maximum Gasteiger partial charge on any atom is 0.329 e. The molecule has 0 spiro atoms. The summed E-state index contributed by atoms with van der Waals surface area (Å²) in [6.07, 6.45) is 3.75. The van der Waals surface area contributed by atoms with E-state index in [9.17, 15) is 28.8 Å². The first-order chi connectivity index (χ1) is 30.3. The molecule has 15 heteroatoms. The molecule has 0 bridgehead atoms. The van der Waals surface area contributed by atoms with Crippen LogP contribution >= 0.6 is 0 Å². The van der Waals surface area contributed by atoms with E-state index in [0.29, 0.717) is 24.8 Å². The summed E-state index contributed by atoms with van der Waals surface area (Å²) < 4.78 is 22.6.